The van der Waals surface area contributed by atoms with Crippen molar-refractivity contribution < 1.29 is 0 Å². The summed E-state index contributed by atoms with van der Waals surface area (Å²) in [7, 11) is 0. The molecule has 0 N–H and O–H groups in total. The Balaban J connectivity index is 1.29. The van der Waals surface area contributed by atoms with E-state index >= 15 is 0 Å². The Bertz CT molecular complexity index is 1080. The average molecular weight is 437 g/mol. The van der Waals surface area contributed by atoms with Crippen LogP contribution in [0, 0.1) is 0 Å². The minimum absolute atomic E-state index is 0.941. The molecule has 138 valence electrons. The molecule has 0 aliphatic heterocycles. The molecular formula is C22H16N2S4. The van der Waals surface area contributed by atoms with Crippen LogP contribution in [0.15, 0.2) is 81.5 Å². The second-order valence-corrected chi connectivity index (χ2v) is 10.7. The molecule has 2 nitrogen and oxygen atoms in total. The average Bonchev–Trinajstić information content (AvgIpc) is 3.34. The van der Waals surface area contributed by atoms with Crippen molar-refractivity contribution in [1.29, 1.82) is 0 Å². The number of fused-ring (bicyclic) bond motifs is 2. The van der Waals surface area contributed by atoms with Crippen LogP contribution in [0.1, 0.15) is 11.1 Å². The molecule has 2 aromatic heterocycles. The molecular weight excluding hydrogens is 421 g/mol. The molecule has 0 amide bonds. The molecule has 0 saturated carbocycles. The third kappa shape index (κ3) is 3.96. The number of hydrogen-bond acceptors (Lipinski definition) is 6. The van der Waals surface area contributed by atoms with Crippen molar-refractivity contribution in [2.24, 2.45) is 0 Å². The number of thioether (sulfide) groups is 2. The summed E-state index contributed by atoms with van der Waals surface area (Å²) in [5, 5.41) is 0. The highest BCUT2D eigenvalue weighted by molar-refractivity contribution is 8.00. The van der Waals surface area contributed by atoms with Gasteiger partial charge in [-0.3, -0.25) is 0 Å². The largest absolute Gasteiger partial charge is 0.230 e. The second kappa shape index (κ2) is 8.25. The van der Waals surface area contributed by atoms with Crippen molar-refractivity contribution in [1.82, 2.24) is 9.97 Å². The van der Waals surface area contributed by atoms with Gasteiger partial charge in [-0.25, -0.2) is 9.97 Å². The van der Waals surface area contributed by atoms with Gasteiger partial charge in [0, 0.05) is 11.5 Å². The number of nitrogens with zero attached hydrogens (tertiary/aromatic N) is 2. The number of aromatic nitrogens is 2. The van der Waals surface area contributed by atoms with E-state index in [4.69, 9.17) is 9.97 Å². The van der Waals surface area contributed by atoms with Crippen molar-refractivity contribution >= 4 is 66.6 Å². The van der Waals surface area contributed by atoms with Gasteiger partial charge in [0.25, 0.3) is 0 Å². The van der Waals surface area contributed by atoms with E-state index in [-0.39, 0.29) is 0 Å². The Hall–Kier alpha value is -1.86. The smallest absolute Gasteiger partial charge is 0.151 e. The predicted octanol–water partition coefficient (Wildman–Crippen LogP) is 7.49. The summed E-state index contributed by atoms with van der Waals surface area (Å²) in [4.78, 5) is 9.49. The predicted molar refractivity (Wildman–Crippen MR) is 125 cm³/mol. The van der Waals surface area contributed by atoms with Gasteiger partial charge in [-0.2, -0.15) is 0 Å². The Labute approximate surface area is 180 Å². The zero-order chi connectivity index (χ0) is 18.8. The number of benzene rings is 3. The van der Waals surface area contributed by atoms with E-state index < -0.39 is 0 Å². The van der Waals surface area contributed by atoms with E-state index in [1.54, 1.807) is 22.7 Å². The summed E-state index contributed by atoms with van der Waals surface area (Å²) in [5.41, 5.74) is 4.94. The van der Waals surface area contributed by atoms with Crippen LogP contribution in [-0.4, -0.2) is 9.97 Å². The zero-order valence-electron chi connectivity index (χ0n) is 14.9. The van der Waals surface area contributed by atoms with E-state index in [9.17, 15) is 0 Å². The molecule has 0 fully saturated rings. The minimum atomic E-state index is 0.941. The molecule has 5 rings (SSSR count). The lowest BCUT2D eigenvalue weighted by atomic mass is 10.1. The van der Waals surface area contributed by atoms with Gasteiger partial charge in [-0.05, 0) is 35.4 Å². The van der Waals surface area contributed by atoms with Crippen molar-refractivity contribution in [3.8, 4) is 0 Å². The maximum atomic E-state index is 4.74. The Morgan fingerprint density at radius 3 is 1.46 bits per heavy atom. The van der Waals surface area contributed by atoms with Gasteiger partial charge in [0.05, 0.1) is 20.4 Å². The first-order valence-corrected chi connectivity index (χ1v) is 12.5. The van der Waals surface area contributed by atoms with Crippen LogP contribution in [0.2, 0.25) is 0 Å². The Morgan fingerprint density at radius 2 is 1.00 bits per heavy atom. The van der Waals surface area contributed by atoms with Crippen LogP contribution in [0.25, 0.3) is 20.4 Å². The van der Waals surface area contributed by atoms with Crippen molar-refractivity contribution in [3.05, 3.63) is 83.9 Å². The first-order valence-electron chi connectivity index (χ1n) is 8.89. The molecule has 0 spiro atoms. The highest BCUT2D eigenvalue weighted by atomic mass is 32.2. The maximum absolute atomic E-state index is 4.74. The van der Waals surface area contributed by atoms with E-state index in [0.29, 0.717) is 0 Å². The SMILES string of the molecule is c1ccc(CSc2nc3ccccc3s2)c(CSc2nc3ccccc3s2)c1. The lowest BCUT2D eigenvalue weighted by Crippen LogP contribution is -1.90. The number of hydrogen-bond donors (Lipinski definition) is 0. The van der Waals surface area contributed by atoms with E-state index in [2.05, 4.69) is 60.7 Å². The molecule has 5 aromatic rings. The molecule has 0 aliphatic carbocycles. The van der Waals surface area contributed by atoms with Gasteiger partial charge >= 0.3 is 0 Å². The van der Waals surface area contributed by atoms with Crippen molar-refractivity contribution in [2.75, 3.05) is 0 Å². The van der Waals surface area contributed by atoms with Crippen molar-refractivity contribution in [3.63, 3.8) is 0 Å². The van der Waals surface area contributed by atoms with Crippen LogP contribution in [0.4, 0.5) is 0 Å². The van der Waals surface area contributed by atoms with Crippen LogP contribution >= 0.6 is 46.2 Å². The normalized spacial score (nSPS) is 11.4. The van der Waals surface area contributed by atoms with Gasteiger partial charge in [-0.15, -0.1) is 22.7 Å². The third-order valence-corrected chi connectivity index (χ3v) is 8.83. The number of para-hydroxylation sites is 2. The summed E-state index contributed by atoms with van der Waals surface area (Å²) in [5.74, 6) is 1.88. The Morgan fingerprint density at radius 1 is 0.571 bits per heavy atom. The lowest BCUT2D eigenvalue weighted by Gasteiger charge is -2.07. The summed E-state index contributed by atoms with van der Waals surface area (Å²) >= 11 is 7.19. The second-order valence-electron chi connectivity index (χ2n) is 6.24. The quantitative estimate of drug-likeness (QED) is 0.258. The fourth-order valence-corrected chi connectivity index (χ4v) is 7.15. The van der Waals surface area contributed by atoms with Crippen LogP contribution < -0.4 is 0 Å². The molecule has 3 aromatic carbocycles. The fourth-order valence-electron chi connectivity index (χ4n) is 2.94. The minimum Gasteiger partial charge on any atom is -0.230 e. The molecule has 0 radical (unpaired) electrons. The lowest BCUT2D eigenvalue weighted by molar-refractivity contribution is 1.24. The van der Waals surface area contributed by atoms with Crippen LogP contribution in [0.5, 0.6) is 0 Å². The highest BCUT2D eigenvalue weighted by Crippen LogP contribution is 2.35. The topological polar surface area (TPSA) is 25.8 Å². The summed E-state index contributed by atoms with van der Waals surface area (Å²) in [6.07, 6.45) is 0. The van der Waals surface area contributed by atoms with Gasteiger partial charge < -0.3 is 0 Å². The highest BCUT2D eigenvalue weighted by Gasteiger charge is 2.09. The molecule has 0 aliphatic rings. The summed E-state index contributed by atoms with van der Waals surface area (Å²) in [6.45, 7) is 0. The molecule has 2 heterocycles. The number of thiazole rings is 2. The molecule has 0 atom stereocenters. The Kier molecular flexibility index (Phi) is 5.36. The van der Waals surface area contributed by atoms with Gasteiger partial charge in [0.1, 0.15) is 0 Å². The first-order chi connectivity index (χ1) is 13.8. The molecule has 0 saturated heterocycles. The van der Waals surface area contributed by atoms with Gasteiger partial charge in [0.2, 0.25) is 0 Å². The van der Waals surface area contributed by atoms with E-state index in [1.807, 2.05) is 35.7 Å². The molecule has 0 unspecified atom stereocenters. The van der Waals surface area contributed by atoms with E-state index in [1.165, 1.54) is 20.5 Å². The van der Waals surface area contributed by atoms with Crippen LogP contribution in [0.3, 0.4) is 0 Å². The fraction of sp³-hybridized carbons (Fsp3) is 0.0909. The summed E-state index contributed by atoms with van der Waals surface area (Å²) in [6, 6.07) is 25.4. The standard InChI is InChI=1S/C22H16N2S4/c1-2-8-16(14-26-22-24-18-10-4-6-12-20(18)28-22)15(7-1)13-25-21-23-17-9-3-5-11-19(17)27-21/h1-12H,13-14H2. The first kappa shape index (κ1) is 18.2. The van der Waals surface area contributed by atoms with Crippen LogP contribution in [-0.2, 0) is 11.5 Å². The van der Waals surface area contributed by atoms with E-state index in [0.717, 1.165) is 31.2 Å². The van der Waals surface area contributed by atoms with Gasteiger partial charge in [-0.1, -0.05) is 72.1 Å². The molecule has 28 heavy (non-hydrogen) atoms. The van der Waals surface area contributed by atoms with Crippen molar-refractivity contribution in [2.45, 2.75) is 20.2 Å². The zero-order valence-corrected chi connectivity index (χ0v) is 18.1. The summed E-state index contributed by atoms with van der Waals surface area (Å²) < 4.78 is 4.78. The third-order valence-electron chi connectivity index (χ3n) is 4.37. The maximum Gasteiger partial charge on any atom is 0.151 e. The number of rotatable bonds is 6. The molecule has 0 bridgehead atoms. The monoisotopic (exact) mass is 436 g/mol. The van der Waals surface area contributed by atoms with Gasteiger partial charge in [0.15, 0.2) is 8.68 Å². The molecule has 6 heteroatoms.